The summed E-state index contributed by atoms with van der Waals surface area (Å²) in [5.41, 5.74) is 6.98. The molecule has 0 aromatic heterocycles. The molecule has 0 aliphatic carbocycles. The predicted molar refractivity (Wildman–Crippen MR) is 139 cm³/mol. The molecule has 0 radical (unpaired) electrons. The fourth-order valence-electron chi connectivity index (χ4n) is 4.92. The highest BCUT2D eigenvalue weighted by molar-refractivity contribution is 5.68. The number of rotatable bonds is 11. The van der Waals surface area contributed by atoms with Crippen molar-refractivity contribution in [3.05, 3.63) is 101 Å². The lowest BCUT2D eigenvalue weighted by Crippen LogP contribution is -2.30. The number of fused-ring (bicyclic) bond motifs is 1. The third-order valence-electron chi connectivity index (χ3n) is 6.54. The van der Waals surface area contributed by atoms with Gasteiger partial charge in [0.1, 0.15) is 6.07 Å². The van der Waals surface area contributed by atoms with Crippen LogP contribution in [0.25, 0.3) is 0 Å². The predicted octanol–water partition coefficient (Wildman–Crippen LogP) is 5.81. The van der Waals surface area contributed by atoms with Crippen molar-refractivity contribution in [3.63, 3.8) is 0 Å². The van der Waals surface area contributed by atoms with Gasteiger partial charge in [-0.3, -0.25) is 0 Å². The molecule has 0 unspecified atom stereocenters. The van der Waals surface area contributed by atoms with E-state index in [0.29, 0.717) is 18.7 Å². The number of nitrogens with zero attached hydrogens (tertiary/aromatic N) is 2. The summed E-state index contributed by atoms with van der Waals surface area (Å²) in [6, 6.07) is 28.3. The van der Waals surface area contributed by atoms with Crippen molar-refractivity contribution in [1.82, 2.24) is 5.32 Å². The van der Waals surface area contributed by atoms with Gasteiger partial charge in [0.2, 0.25) is 0 Å². The third-order valence-corrected chi connectivity index (χ3v) is 6.54. The van der Waals surface area contributed by atoms with Crippen molar-refractivity contribution in [3.8, 4) is 6.07 Å². The average molecular weight is 454 g/mol. The summed E-state index contributed by atoms with van der Waals surface area (Å²) in [4.78, 5) is 2.36. The molecule has 3 aromatic rings. The van der Waals surface area contributed by atoms with E-state index in [9.17, 15) is 5.26 Å². The Morgan fingerprint density at radius 2 is 1.74 bits per heavy atom. The van der Waals surface area contributed by atoms with E-state index < -0.39 is 0 Å². The van der Waals surface area contributed by atoms with Crippen molar-refractivity contribution in [2.24, 2.45) is 0 Å². The van der Waals surface area contributed by atoms with Gasteiger partial charge in [-0.2, -0.15) is 5.26 Å². The van der Waals surface area contributed by atoms with Crippen molar-refractivity contribution in [2.45, 2.75) is 51.8 Å². The molecule has 4 rings (SSSR count). The summed E-state index contributed by atoms with van der Waals surface area (Å²) >= 11 is 0. The first-order valence-electron chi connectivity index (χ1n) is 12.4. The van der Waals surface area contributed by atoms with E-state index in [0.717, 1.165) is 50.2 Å². The van der Waals surface area contributed by atoms with Crippen molar-refractivity contribution < 1.29 is 4.74 Å². The molecule has 0 saturated heterocycles. The van der Waals surface area contributed by atoms with Crippen LogP contribution in [0.5, 0.6) is 0 Å². The SMILES string of the molecule is C[C@H](Cc1cc(C#N)c2c(c1)CCN2CCCOCc1ccccc1)N[C@H](C)c1ccccc1. The average Bonchev–Trinajstić information content (AvgIpc) is 3.27. The molecule has 3 aromatic carbocycles. The van der Waals surface area contributed by atoms with Gasteiger partial charge >= 0.3 is 0 Å². The lowest BCUT2D eigenvalue weighted by molar-refractivity contribution is 0.119. The number of ether oxygens (including phenoxy) is 1. The Kier molecular flexibility index (Phi) is 8.36. The fraction of sp³-hybridized carbons (Fsp3) is 0.367. The Hall–Kier alpha value is -3.13. The van der Waals surface area contributed by atoms with E-state index in [1.165, 1.54) is 22.3 Å². The largest absolute Gasteiger partial charge is 0.377 e. The topological polar surface area (TPSA) is 48.3 Å². The zero-order valence-electron chi connectivity index (χ0n) is 20.3. The molecule has 176 valence electrons. The minimum Gasteiger partial charge on any atom is -0.377 e. The maximum absolute atomic E-state index is 9.89. The molecule has 1 heterocycles. The van der Waals surface area contributed by atoms with Crippen LogP contribution in [0.3, 0.4) is 0 Å². The molecular weight excluding hydrogens is 418 g/mol. The molecule has 4 nitrogen and oxygen atoms in total. The van der Waals surface area contributed by atoms with Gasteiger partial charge in [0, 0.05) is 31.8 Å². The lowest BCUT2D eigenvalue weighted by atomic mass is 9.98. The van der Waals surface area contributed by atoms with Crippen LogP contribution in [0.15, 0.2) is 72.8 Å². The summed E-state index contributed by atoms with van der Waals surface area (Å²) in [5, 5.41) is 13.6. The molecule has 0 bridgehead atoms. The molecule has 34 heavy (non-hydrogen) atoms. The molecule has 1 aliphatic rings. The van der Waals surface area contributed by atoms with Gasteiger partial charge in [-0.05, 0) is 61.4 Å². The van der Waals surface area contributed by atoms with Crippen LogP contribution < -0.4 is 10.2 Å². The van der Waals surface area contributed by atoms with Crippen LogP contribution in [0.2, 0.25) is 0 Å². The molecule has 1 N–H and O–H groups in total. The van der Waals surface area contributed by atoms with E-state index in [1.807, 2.05) is 18.2 Å². The second-order valence-corrected chi connectivity index (χ2v) is 9.30. The maximum atomic E-state index is 9.89. The van der Waals surface area contributed by atoms with Crippen molar-refractivity contribution in [2.75, 3.05) is 24.6 Å². The first kappa shape index (κ1) is 24.0. The second-order valence-electron chi connectivity index (χ2n) is 9.30. The Bertz CT molecular complexity index is 1090. The Balaban J connectivity index is 1.31. The Labute approximate surface area is 204 Å². The van der Waals surface area contributed by atoms with E-state index in [1.54, 1.807) is 0 Å². The number of nitrogens with one attached hydrogen (secondary N) is 1. The Morgan fingerprint density at radius 3 is 2.47 bits per heavy atom. The Morgan fingerprint density at radius 1 is 1.00 bits per heavy atom. The summed E-state index contributed by atoms with van der Waals surface area (Å²) in [5.74, 6) is 0. The number of anilines is 1. The fourth-order valence-corrected chi connectivity index (χ4v) is 4.92. The second kappa shape index (κ2) is 11.8. The summed E-state index contributed by atoms with van der Waals surface area (Å²) in [6.07, 6.45) is 2.87. The van der Waals surface area contributed by atoms with E-state index >= 15 is 0 Å². The van der Waals surface area contributed by atoms with Gasteiger partial charge in [-0.25, -0.2) is 0 Å². The third kappa shape index (κ3) is 6.26. The van der Waals surface area contributed by atoms with Crippen LogP contribution in [0, 0.1) is 11.3 Å². The van der Waals surface area contributed by atoms with Gasteiger partial charge in [0.05, 0.1) is 17.9 Å². The van der Waals surface area contributed by atoms with Gasteiger partial charge in [0.15, 0.2) is 0 Å². The van der Waals surface area contributed by atoms with Crippen LogP contribution in [-0.4, -0.2) is 25.7 Å². The van der Waals surface area contributed by atoms with E-state index in [4.69, 9.17) is 4.74 Å². The van der Waals surface area contributed by atoms with Crippen LogP contribution in [-0.2, 0) is 24.2 Å². The molecular formula is C30H35N3O. The van der Waals surface area contributed by atoms with Gasteiger partial charge < -0.3 is 15.0 Å². The number of benzene rings is 3. The molecule has 1 aliphatic heterocycles. The minimum atomic E-state index is 0.292. The summed E-state index contributed by atoms with van der Waals surface area (Å²) in [7, 11) is 0. The summed E-state index contributed by atoms with van der Waals surface area (Å²) in [6.45, 7) is 7.70. The number of nitriles is 1. The first-order valence-corrected chi connectivity index (χ1v) is 12.4. The first-order chi connectivity index (χ1) is 16.6. The monoisotopic (exact) mass is 453 g/mol. The lowest BCUT2D eigenvalue weighted by Gasteiger charge is -2.22. The smallest absolute Gasteiger partial charge is 0.101 e. The molecule has 0 amide bonds. The van der Waals surface area contributed by atoms with Gasteiger partial charge in [0.25, 0.3) is 0 Å². The van der Waals surface area contributed by atoms with Gasteiger partial charge in [-0.15, -0.1) is 0 Å². The highest BCUT2D eigenvalue weighted by Crippen LogP contribution is 2.33. The van der Waals surface area contributed by atoms with Crippen molar-refractivity contribution >= 4 is 5.69 Å². The molecule has 0 saturated carbocycles. The van der Waals surface area contributed by atoms with E-state index in [2.05, 4.69) is 84.7 Å². The maximum Gasteiger partial charge on any atom is 0.101 e. The van der Waals surface area contributed by atoms with Crippen LogP contribution >= 0.6 is 0 Å². The molecule has 0 spiro atoms. The quantitative estimate of drug-likeness (QED) is 0.372. The van der Waals surface area contributed by atoms with Gasteiger partial charge in [-0.1, -0.05) is 66.7 Å². The molecule has 0 fully saturated rings. The van der Waals surface area contributed by atoms with Crippen LogP contribution in [0.1, 0.15) is 54.1 Å². The number of hydrogen-bond donors (Lipinski definition) is 1. The van der Waals surface area contributed by atoms with Crippen LogP contribution in [0.4, 0.5) is 5.69 Å². The normalized spacial score (nSPS) is 14.4. The van der Waals surface area contributed by atoms with Crippen molar-refractivity contribution in [1.29, 1.82) is 5.26 Å². The number of hydrogen-bond acceptors (Lipinski definition) is 4. The standard InChI is InChI=1S/C30H35N3O/c1-23(32-24(2)27-12-7-4-8-13-27)18-26-19-28-14-16-33(30(28)29(20-26)21-31)15-9-17-34-22-25-10-5-3-6-11-25/h3-8,10-13,19-20,23-24,32H,9,14-18,22H2,1-2H3/t23-,24-/m1/s1. The highest BCUT2D eigenvalue weighted by atomic mass is 16.5. The molecule has 4 heteroatoms. The zero-order chi connectivity index (χ0) is 23.8. The minimum absolute atomic E-state index is 0.292. The highest BCUT2D eigenvalue weighted by Gasteiger charge is 2.23. The summed E-state index contributed by atoms with van der Waals surface area (Å²) < 4.78 is 5.85. The zero-order valence-corrected chi connectivity index (χ0v) is 20.3. The van der Waals surface area contributed by atoms with E-state index in [-0.39, 0.29) is 0 Å². The molecule has 2 atom stereocenters.